The van der Waals surface area contributed by atoms with Crippen molar-refractivity contribution in [3.05, 3.63) is 52.3 Å². The molecule has 0 unspecified atom stereocenters. The number of aromatic nitrogens is 2. The largest absolute Gasteiger partial charge is 0.493 e. The van der Waals surface area contributed by atoms with Crippen LogP contribution in [0.3, 0.4) is 0 Å². The van der Waals surface area contributed by atoms with Gasteiger partial charge in [0.15, 0.2) is 0 Å². The minimum atomic E-state index is -0.132. The van der Waals surface area contributed by atoms with Crippen LogP contribution in [0.4, 0.5) is 0 Å². The molecule has 5 heteroatoms. The lowest BCUT2D eigenvalue weighted by Crippen LogP contribution is -2.32. The van der Waals surface area contributed by atoms with E-state index in [0.717, 1.165) is 68.6 Å². The molecule has 1 aliphatic rings. The molecule has 5 nitrogen and oxygen atoms in total. The van der Waals surface area contributed by atoms with Crippen molar-refractivity contribution >= 4 is 5.97 Å². The maximum atomic E-state index is 11.5. The Morgan fingerprint density at radius 2 is 1.78 bits per heavy atom. The first-order valence-corrected chi connectivity index (χ1v) is 14.4. The number of benzene rings is 1. The van der Waals surface area contributed by atoms with Gasteiger partial charge in [0, 0.05) is 23.0 Å². The van der Waals surface area contributed by atoms with Gasteiger partial charge in [0.2, 0.25) is 0 Å². The van der Waals surface area contributed by atoms with Gasteiger partial charge in [-0.25, -0.2) is 0 Å². The maximum absolute atomic E-state index is 11.5. The third-order valence-electron chi connectivity index (χ3n) is 7.68. The first kappa shape index (κ1) is 28.7. The molecule has 0 saturated carbocycles. The number of carbonyl (C=O) groups excluding carboxylic acids is 1. The maximum Gasteiger partial charge on any atom is 0.305 e. The fourth-order valence-electron chi connectivity index (χ4n) is 5.20. The van der Waals surface area contributed by atoms with Crippen molar-refractivity contribution in [2.45, 2.75) is 110 Å². The number of fused-ring (bicyclic) bond motifs is 1. The van der Waals surface area contributed by atoms with E-state index < -0.39 is 0 Å². The lowest BCUT2D eigenvalue weighted by Gasteiger charge is -2.38. The SMILES string of the molecule is CCCCCCc1cc2c(cc1C#Cc1ccc(CCCCC(=O)OCC)nn1)C(CC)(CC)CCO2. The molecule has 0 bridgehead atoms. The van der Waals surface area contributed by atoms with Crippen molar-refractivity contribution in [3.8, 4) is 17.6 Å². The molecule has 1 aliphatic heterocycles. The highest BCUT2D eigenvalue weighted by atomic mass is 16.5. The number of unbranched alkanes of at least 4 members (excludes halogenated alkanes) is 4. The van der Waals surface area contributed by atoms with Crippen LogP contribution in [0, 0.1) is 11.8 Å². The zero-order valence-electron chi connectivity index (χ0n) is 23.3. The fourth-order valence-corrected chi connectivity index (χ4v) is 5.20. The van der Waals surface area contributed by atoms with E-state index in [4.69, 9.17) is 9.47 Å². The third-order valence-corrected chi connectivity index (χ3v) is 7.68. The molecule has 0 N–H and O–H groups in total. The van der Waals surface area contributed by atoms with Crippen LogP contribution in [0.25, 0.3) is 0 Å². The van der Waals surface area contributed by atoms with Gasteiger partial charge in [0.1, 0.15) is 11.4 Å². The molecule has 0 spiro atoms. The van der Waals surface area contributed by atoms with Gasteiger partial charge in [-0.3, -0.25) is 4.79 Å². The molecule has 200 valence electrons. The smallest absolute Gasteiger partial charge is 0.305 e. The van der Waals surface area contributed by atoms with E-state index in [9.17, 15) is 4.79 Å². The molecular weight excluding hydrogens is 460 g/mol. The summed E-state index contributed by atoms with van der Waals surface area (Å²) < 4.78 is 11.1. The summed E-state index contributed by atoms with van der Waals surface area (Å²) in [6, 6.07) is 8.50. The number of esters is 1. The van der Waals surface area contributed by atoms with Gasteiger partial charge in [-0.15, -0.1) is 5.10 Å². The number of rotatable bonds is 13. The van der Waals surface area contributed by atoms with E-state index in [-0.39, 0.29) is 11.4 Å². The number of hydrogen-bond donors (Lipinski definition) is 0. The van der Waals surface area contributed by atoms with E-state index in [1.54, 1.807) is 0 Å². The number of ether oxygens (including phenoxy) is 2. The van der Waals surface area contributed by atoms with Gasteiger partial charge >= 0.3 is 5.97 Å². The molecule has 1 aromatic heterocycles. The molecule has 3 rings (SSSR count). The highest BCUT2D eigenvalue weighted by Crippen LogP contribution is 2.44. The topological polar surface area (TPSA) is 61.3 Å². The summed E-state index contributed by atoms with van der Waals surface area (Å²) >= 11 is 0. The van der Waals surface area contributed by atoms with Crippen LogP contribution in [-0.2, 0) is 27.8 Å². The Bertz CT molecular complexity index is 1060. The van der Waals surface area contributed by atoms with Crippen LogP contribution < -0.4 is 4.74 Å². The third kappa shape index (κ3) is 8.06. The first-order valence-electron chi connectivity index (χ1n) is 14.4. The minimum absolute atomic E-state index is 0.132. The lowest BCUT2D eigenvalue weighted by atomic mass is 9.71. The highest BCUT2D eigenvalue weighted by Gasteiger charge is 2.35. The minimum Gasteiger partial charge on any atom is -0.493 e. The molecule has 0 fully saturated rings. The molecule has 37 heavy (non-hydrogen) atoms. The second-order valence-electron chi connectivity index (χ2n) is 10.1. The van der Waals surface area contributed by atoms with Gasteiger partial charge in [-0.05, 0) is 94.0 Å². The summed E-state index contributed by atoms with van der Waals surface area (Å²) in [6.07, 6.45) is 12.1. The number of nitrogens with zero attached hydrogens (tertiary/aromatic N) is 2. The lowest BCUT2D eigenvalue weighted by molar-refractivity contribution is -0.143. The Morgan fingerprint density at radius 1 is 0.973 bits per heavy atom. The fraction of sp³-hybridized carbons (Fsp3) is 0.594. The van der Waals surface area contributed by atoms with Gasteiger partial charge in [-0.1, -0.05) is 46.0 Å². The number of hydrogen-bond acceptors (Lipinski definition) is 5. The average molecular weight is 505 g/mol. The van der Waals surface area contributed by atoms with Crippen LogP contribution in [-0.4, -0.2) is 29.4 Å². The van der Waals surface area contributed by atoms with Crippen LogP contribution >= 0.6 is 0 Å². The molecule has 1 aromatic carbocycles. The average Bonchev–Trinajstić information content (AvgIpc) is 2.92. The second-order valence-corrected chi connectivity index (χ2v) is 10.1. The van der Waals surface area contributed by atoms with Crippen LogP contribution in [0.2, 0.25) is 0 Å². The van der Waals surface area contributed by atoms with Crippen LogP contribution in [0.5, 0.6) is 5.75 Å². The van der Waals surface area contributed by atoms with E-state index in [1.165, 1.54) is 36.8 Å². The monoisotopic (exact) mass is 504 g/mol. The molecule has 0 radical (unpaired) electrons. The van der Waals surface area contributed by atoms with Gasteiger partial charge in [0.25, 0.3) is 0 Å². The molecule has 0 saturated heterocycles. The summed E-state index contributed by atoms with van der Waals surface area (Å²) in [5, 5.41) is 8.73. The predicted molar refractivity (Wildman–Crippen MR) is 149 cm³/mol. The second kappa shape index (κ2) is 14.8. The van der Waals surface area contributed by atoms with Crippen molar-refractivity contribution in [2.75, 3.05) is 13.2 Å². The molecule has 0 amide bonds. The first-order chi connectivity index (χ1) is 18.0. The Labute approximate surface area is 223 Å². The van der Waals surface area contributed by atoms with Gasteiger partial charge in [0.05, 0.1) is 18.9 Å². The van der Waals surface area contributed by atoms with E-state index >= 15 is 0 Å². The number of aryl methyl sites for hydroxylation is 2. The number of carbonyl (C=O) groups is 1. The van der Waals surface area contributed by atoms with Crippen molar-refractivity contribution in [1.29, 1.82) is 0 Å². The van der Waals surface area contributed by atoms with Gasteiger partial charge in [-0.2, -0.15) is 5.10 Å². The Kier molecular flexibility index (Phi) is 11.5. The van der Waals surface area contributed by atoms with Crippen LogP contribution in [0.15, 0.2) is 24.3 Å². The molecule has 2 aromatic rings. The zero-order chi connectivity index (χ0) is 26.5. The normalized spacial score (nSPS) is 13.7. The zero-order valence-corrected chi connectivity index (χ0v) is 23.3. The summed E-state index contributed by atoms with van der Waals surface area (Å²) in [5.41, 5.74) is 5.45. The van der Waals surface area contributed by atoms with Gasteiger partial charge < -0.3 is 9.47 Å². The van der Waals surface area contributed by atoms with Crippen molar-refractivity contribution in [2.24, 2.45) is 0 Å². The van der Waals surface area contributed by atoms with Crippen molar-refractivity contribution in [1.82, 2.24) is 10.2 Å². The molecule has 0 atom stereocenters. The van der Waals surface area contributed by atoms with Crippen molar-refractivity contribution < 1.29 is 14.3 Å². The summed E-state index contributed by atoms with van der Waals surface area (Å²) in [7, 11) is 0. The summed E-state index contributed by atoms with van der Waals surface area (Å²) in [6.45, 7) is 9.88. The molecular formula is C32H44N2O3. The molecule has 0 aliphatic carbocycles. The molecule has 2 heterocycles. The van der Waals surface area contributed by atoms with Crippen LogP contribution in [0.1, 0.15) is 120 Å². The summed E-state index contributed by atoms with van der Waals surface area (Å²) in [5.74, 6) is 7.64. The quantitative estimate of drug-likeness (QED) is 0.165. The Hall–Kier alpha value is -2.87. The van der Waals surface area contributed by atoms with E-state index in [1.807, 2.05) is 19.1 Å². The van der Waals surface area contributed by atoms with Crippen molar-refractivity contribution in [3.63, 3.8) is 0 Å². The summed E-state index contributed by atoms with van der Waals surface area (Å²) in [4.78, 5) is 11.5. The Balaban J connectivity index is 1.76. The highest BCUT2D eigenvalue weighted by molar-refractivity contribution is 5.69. The Morgan fingerprint density at radius 3 is 2.49 bits per heavy atom. The van der Waals surface area contributed by atoms with E-state index in [0.29, 0.717) is 18.7 Å². The van der Waals surface area contributed by atoms with E-state index in [2.05, 4.69) is 54.9 Å². The standard InChI is InChI=1S/C32H44N2O3/c1-5-9-10-11-14-25-24-30-29(32(6-2,7-3)21-22-37-30)23-26(25)17-18-28-20-19-27(33-34-28)15-12-13-16-31(35)36-8-4/h19-20,23-24H,5-16,21-22H2,1-4H3. The predicted octanol–water partition coefficient (Wildman–Crippen LogP) is 7.12.